The summed E-state index contributed by atoms with van der Waals surface area (Å²) in [5.41, 5.74) is 0. The first-order chi connectivity index (χ1) is 0. The molecule has 2 radical (unpaired) electrons. The van der Waals surface area contributed by atoms with Crippen LogP contribution in [0.4, 0.5) is 0 Å². The van der Waals surface area contributed by atoms with Crippen molar-refractivity contribution < 1.29 is 82.7 Å². The molecule has 0 nitrogen and oxygen atoms in total. The molecule has 0 aromatic heterocycles. The molecule has 0 aliphatic carbocycles. The molecular weight excluding hydrogens is 408 g/mol. The van der Waals surface area contributed by atoms with E-state index in [0.717, 1.165) is 0 Å². The zero-order valence-electron chi connectivity index (χ0n) is 1.46. The summed E-state index contributed by atoms with van der Waals surface area (Å²) in [6, 6.07) is 0. The predicted octanol–water partition coefficient (Wildman–Crippen LogP) is -0.0100. The average Bonchev–Trinajstić information content (AvgIpc) is 0. The number of rotatable bonds is 0. The van der Waals surface area contributed by atoms with Gasteiger partial charge in [0.2, 0.25) is 0 Å². The molecule has 0 bridgehead atoms. The Morgan fingerprint density at radius 1 is 1.00 bits per heavy atom. The maximum absolute atomic E-state index is 0. The van der Waals surface area contributed by atoms with Crippen molar-refractivity contribution in [1.29, 1.82) is 0 Å². The molecule has 4 heteroatoms. The SMILES string of the molecule is [Au].[Cu].[Fe].[Zr]. The molecule has 0 saturated carbocycles. The van der Waals surface area contributed by atoms with Gasteiger partial charge >= 0.3 is 0 Å². The molecule has 0 heterocycles. The molecule has 0 N–H and O–H groups in total. The monoisotopic (exact) mass is 406 g/mol. The van der Waals surface area contributed by atoms with E-state index in [0.29, 0.717) is 0 Å². The van der Waals surface area contributed by atoms with Crippen molar-refractivity contribution in [3.8, 4) is 0 Å². The summed E-state index contributed by atoms with van der Waals surface area (Å²) in [7, 11) is 0. The molecule has 0 fully saturated rings. The quantitative estimate of drug-likeness (QED) is 0.496. The molecule has 0 rings (SSSR count). The van der Waals surface area contributed by atoms with E-state index in [9.17, 15) is 0 Å². The average molecular weight is 408 g/mol. The first kappa shape index (κ1) is 30.1. The molecule has 0 aliphatic rings. The third-order valence-corrected chi connectivity index (χ3v) is 0. The Kier molecular flexibility index (Phi) is 131. The maximum atomic E-state index is 0. The summed E-state index contributed by atoms with van der Waals surface area (Å²) in [6.07, 6.45) is 0. The van der Waals surface area contributed by atoms with Crippen molar-refractivity contribution >= 4 is 0 Å². The van der Waals surface area contributed by atoms with Crippen LogP contribution < -0.4 is 0 Å². The molecule has 0 spiro atoms. The minimum Gasteiger partial charge on any atom is 0 e. The molecule has 4 heavy (non-hydrogen) atoms. The fraction of sp³-hybridized carbons (Fsp3) is 0. The Balaban J connectivity index is 0. The third kappa shape index (κ3) is 8.82. The second-order valence-electron chi connectivity index (χ2n) is 0. The summed E-state index contributed by atoms with van der Waals surface area (Å²) in [6.45, 7) is 0. The summed E-state index contributed by atoms with van der Waals surface area (Å²) >= 11 is 0. The van der Waals surface area contributed by atoms with Crippen molar-refractivity contribution in [2.24, 2.45) is 0 Å². The van der Waals surface area contributed by atoms with E-state index in [4.69, 9.17) is 0 Å². The molecule has 34 valence electrons. The molecule has 0 aromatic rings. The zero-order valence-corrected chi connectivity index (χ0v) is 8.13. The van der Waals surface area contributed by atoms with Crippen LogP contribution in [0.1, 0.15) is 0 Å². The Hall–Kier alpha value is 2.66. The van der Waals surface area contributed by atoms with E-state index in [-0.39, 0.29) is 82.7 Å². The first-order valence-electron chi connectivity index (χ1n) is 0. The molecule has 0 aromatic carbocycles. The molecule has 0 atom stereocenters. The summed E-state index contributed by atoms with van der Waals surface area (Å²) in [5, 5.41) is 0. The Bertz CT molecular complexity index is 8.00. The second-order valence-corrected chi connectivity index (χ2v) is 0. The minimum atomic E-state index is 0. The van der Waals surface area contributed by atoms with Gasteiger partial charge in [-0.15, -0.1) is 0 Å². The zero-order chi connectivity index (χ0) is 0. The van der Waals surface area contributed by atoms with Crippen molar-refractivity contribution in [3.63, 3.8) is 0 Å². The van der Waals surface area contributed by atoms with Crippen LogP contribution in [0, 0.1) is 0 Å². The molecular formula is AuCuFeZr. The molecule has 0 unspecified atom stereocenters. The largest absolute Gasteiger partial charge is 0 e. The van der Waals surface area contributed by atoms with Crippen molar-refractivity contribution in [1.82, 2.24) is 0 Å². The number of hydrogen-bond acceptors (Lipinski definition) is 0. The Labute approximate surface area is 81.4 Å². The van der Waals surface area contributed by atoms with E-state index in [1.807, 2.05) is 0 Å². The van der Waals surface area contributed by atoms with E-state index in [1.54, 1.807) is 0 Å². The van der Waals surface area contributed by atoms with Crippen LogP contribution in [-0.4, -0.2) is 0 Å². The Morgan fingerprint density at radius 2 is 1.00 bits per heavy atom. The van der Waals surface area contributed by atoms with Gasteiger partial charge in [0.05, 0.1) is 0 Å². The van der Waals surface area contributed by atoms with Gasteiger partial charge in [0.25, 0.3) is 0 Å². The van der Waals surface area contributed by atoms with Gasteiger partial charge in [-0.25, -0.2) is 0 Å². The van der Waals surface area contributed by atoms with Crippen LogP contribution in [0.3, 0.4) is 0 Å². The van der Waals surface area contributed by atoms with Gasteiger partial charge in [-0.2, -0.15) is 0 Å². The second kappa shape index (κ2) is 17.4. The van der Waals surface area contributed by atoms with Crippen LogP contribution in [0.2, 0.25) is 0 Å². The summed E-state index contributed by atoms with van der Waals surface area (Å²) in [5.74, 6) is 0. The fourth-order valence-corrected chi connectivity index (χ4v) is 0. The number of hydrogen-bond donors (Lipinski definition) is 0. The predicted molar refractivity (Wildman–Crippen MR) is 0 cm³/mol. The van der Waals surface area contributed by atoms with E-state index < -0.39 is 0 Å². The van der Waals surface area contributed by atoms with Gasteiger partial charge in [0.15, 0.2) is 0 Å². The van der Waals surface area contributed by atoms with Crippen LogP contribution in [0.25, 0.3) is 0 Å². The maximum Gasteiger partial charge on any atom is 0 e. The van der Waals surface area contributed by atoms with E-state index >= 15 is 0 Å². The van der Waals surface area contributed by atoms with Crippen LogP contribution in [0.15, 0.2) is 0 Å². The van der Waals surface area contributed by atoms with E-state index in [1.165, 1.54) is 0 Å². The smallest absolute Gasteiger partial charge is 0 e. The van der Waals surface area contributed by atoms with Gasteiger partial charge in [0, 0.05) is 82.7 Å². The fourth-order valence-electron chi connectivity index (χ4n) is 0. The van der Waals surface area contributed by atoms with Crippen LogP contribution >= 0.6 is 0 Å². The van der Waals surface area contributed by atoms with Gasteiger partial charge in [-0.05, 0) is 0 Å². The van der Waals surface area contributed by atoms with E-state index in [2.05, 4.69) is 0 Å². The normalized spacial score (nSPS) is 0. The third-order valence-electron chi connectivity index (χ3n) is 0. The first-order valence-corrected chi connectivity index (χ1v) is 0. The molecule has 0 aliphatic heterocycles. The topological polar surface area (TPSA) is 0 Å². The molecule has 0 amide bonds. The molecule has 0 saturated heterocycles. The van der Waals surface area contributed by atoms with Crippen LogP contribution in [0.5, 0.6) is 0 Å². The van der Waals surface area contributed by atoms with Gasteiger partial charge in [-0.3, -0.25) is 0 Å². The van der Waals surface area contributed by atoms with Gasteiger partial charge < -0.3 is 0 Å². The van der Waals surface area contributed by atoms with Crippen molar-refractivity contribution in [2.45, 2.75) is 0 Å². The summed E-state index contributed by atoms with van der Waals surface area (Å²) in [4.78, 5) is 0. The van der Waals surface area contributed by atoms with Crippen LogP contribution in [-0.2, 0) is 82.7 Å². The van der Waals surface area contributed by atoms with Gasteiger partial charge in [0.1, 0.15) is 0 Å². The standard InChI is InChI=1S/Au.Cu.Fe.Zr. The summed E-state index contributed by atoms with van der Waals surface area (Å²) < 4.78 is 0. The minimum absolute atomic E-state index is 0. The van der Waals surface area contributed by atoms with Crippen molar-refractivity contribution in [3.05, 3.63) is 0 Å². The Morgan fingerprint density at radius 3 is 1.00 bits per heavy atom. The van der Waals surface area contributed by atoms with Gasteiger partial charge in [-0.1, -0.05) is 0 Å². The van der Waals surface area contributed by atoms with Crippen molar-refractivity contribution in [2.75, 3.05) is 0 Å².